The smallest absolute Gasteiger partial charge is 0.410 e. The molecule has 0 bridgehead atoms. The lowest BCUT2D eigenvalue weighted by atomic mass is 10.0. The van der Waals surface area contributed by atoms with Crippen molar-refractivity contribution in [2.45, 2.75) is 26.4 Å². The maximum Gasteiger partial charge on any atom is 0.410 e. The van der Waals surface area contributed by atoms with Crippen LogP contribution in [0.4, 0.5) is 4.79 Å². The van der Waals surface area contributed by atoms with Gasteiger partial charge in [0.05, 0.1) is 0 Å². The van der Waals surface area contributed by atoms with Crippen LogP contribution in [0.15, 0.2) is 48.8 Å². The van der Waals surface area contributed by atoms with Crippen molar-refractivity contribution in [3.8, 4) is 11.1 Å². The topological polar surface area (TPSA) is 76.8 Å². The van der Waals surface area contributed by atoms with Crippen molar-refractivity contribution in [2.24, 2.45) is 0 Å². The Kier molecular flexibility index (Phi) is 5.53. The Bertz CT molecular complexity index is 851. The molecule has 1 saturated heterocycles. The molecule has 1 aromatic heterocycles. The molecule has 0 unspecified atom stereocenters. The van der Waals surface area contributed by atoms with E-state index in [0.717, 1.165) is 15.9 Å². The van der Waals surface area contributed by atoms with E-state index in [2.05, 4.69) is 0 Å². The summed E-state index contributed by atoms with van der Waals surface area (Å²) in [6.07, 6.45) is 2.58. The Balaban J connectivity index is 1.60. The molecule has 2 amide bonds. The van der Waals surface area contributed by atoms with Crippen molar-refractivity contribution < 1.29 is 19.1 Å². The summed E-state index contributed by atoms with van der Waals surface area (Å²) >= 11 is 0. The van der Waals surface area contributed by atoms with Crippen molar-refractivity contribution in [1.82, 2.24) is 9.80 Å². The number of nitrogens with zero attached hydrogens (tertiary/aromatic N) is 3. The van der Waals surface area contributed by atoms with E-state index >= 15 is 0 Å². The number of hydrogen-bond acceptors (Lipinski definition) is 4. The molecule has 0 aliphatic carbocycles. The maximum atomic E-state index is 12.7. The molecule has 7 nitrogen and oxygen atoms in total. The fourth-order valence-corrected chi connectivity index (χ4v) is 3.03. The van der Waals surface area contributed by atoms with Gasteiger partial charge in [-0.1, -0.05) is 12.1 Å². The van der Waals surface area contributed by atoms with E-state index in [-0.39, 0.29) is 12.0 Å². The van der Waals surface area contributed by atoms with E-state index in [0.29, 0.717) is 31.7 Å². The van der Waals surface area contributed by atoms with Crippen molar-refractivity contribution in [2.75, 3.05) is 26.2 Å². The van der Waals surface area contributed by atoms with Gasteiger partial charge in [-0.05, 0) is 44.5 Å². The van der Waals surface area contributed by atoms with Gasteiger partial charge in [0.1, 0.15) is 5.60 Å². The molecule has 3 rings (SSSR count). The average Bonchev–Trinajstić information content (AvgIpc) is 2.66. The van der Waals surface area contributed by atoms with Crippen LogP contribution in [0.5, 0.6) is 0 Å². The molecule has 1 fully saturated rings. The van der Waals surface area contributed by atoms with E-state index in [1.54, 1.807) is 28.0 Å². The Morgan fingerprint density at radius 2 is 1.57 bits per heavy atom. The van der Waals surface area contributed by atoms with Crippen molar-refractivity contribution in [1.29, 1.82) is 0 Å². The van der Waals surface area contributed by atoms with Crippen LogP contribution in [-0.4, -0.2) is 53.6 Å². The zero-order valence-corrected chi connectivity index (χ0v) is 16.4. The second-order valence-electron chi connectivity index (χ2n) is 7.79. The molecule has 0 spiro atoms. The molecule has 2 heterocycles. The van der Waals surface area contributed by atoms with Gasteiger partial charge in [-0.2, -0.15) is 4.73 Å². The molecule has 0 radical (unpaired) electrons. The number of rotatable bonds is 2. The van der Waals surface area contributed by atoms with Crippen LogP contribution in [0, 0.1) is 5.21 Å². The number of piperazine rings is 1. The van der Waals surface area contributed by atoms with Gasteiger partial charge in [0.25, 0.3) is 5.91 Å². The molecule has 28 heavy (non-hydrogen) atoms. The molecule has 0 atom stereocenters. The molecule has 148 valence electrons. The van der Waals surface area contributed by atoms with Gasteiger partial charge >= 0.3 is 6.09 Å². The Labute approximate surface area is 164 Å². The van der Waals surface area contributed by atoms with E-state index < -0.39 is 5.60 Å². The number of pyridine rings is 1. The van der Waals surface area contributed by atoms with Gasteiger partial charge < -0.3 is 19.7 Å². The lowest BCUT2D eigenvalue weighted by molar-refractivity contribution is -0.604. The summed E-state index contributed by atoms with van der Waals surface area (Å²) in [5.74, 6) is -0.0673. The lowest BCUT2D eigenvalue weighted by Gasteiger charge is -2.35. The summed E-state index contributed by atoms with van der Waals surface area (Å²) in [7, 11) is 0. The molecule has 2 aromatic rings. The maximum absolute atomic E-state index is 12.7. The van der Waals surface area contributed by atoms with Crippen molar-refractivity contribution in [3.63, 3.8) is 0 Å². The Hall–Kier alpha value is -3.09. The molecule has 1 aliphatic heterocycles. The predicted octanol–water partition coefficient (Wildman–Crippen LogP) is 2.68. The average molecular weight is 383 g/mol. The molecule has 1 aromatic carbocycles. The van der Waals surface area contributed by atoms with Crippen LogP contribution < -0.4 is 4.73 Å². The van der Waals surface area contributed by atoms with Crippen LogP contribution in [0.1, 0.15) is 31.1 Å². The van der Waals surface area contributed by atoms with Crippen molar-refractivity contribution in [3.05, 3.63) is 59.6 Å². The number of carbonyl (C=O) groups is 2. The number of aromatic nitrogens is 1. The number of amides is 2. The van der Waals surface area contributed by atoms with Gasteiger partial charge in [0.2, 0.25) is 0 Å². The normalized spacial score (nSPS) is 14.7. The van der Waals surface area contributed by atoms with Gasteiger partial charge in [-0.3, -0.25) is 4.79 Å². The standard InChI is InChI=1S/C21H25N3O4/c1-21(2,3)28-20(26)23-13-11-22(12-14-23)19(25)17-8-6-16(7-9-17)18-5-4-10-24(27)15-18/h4-10,15H,11-14H2,1-3H3. The minimum Gasteiger partial charge on any atom is -0.619 e. The zero-order chi connectivity index (χ0) is 20.3. The molecule has 7 heteroatoms. The Morgan fingerprint density at radius 1 is 0.964 bits per heavy atom. The number of ether oxygens (including phenoxy) is 1. The summed E-state index contributed by atoms with van der Waals surface area (Å²) in [6, 6.07) is 10.7. The van der Waals surface area contributed by atoms with Crippen LogP contribution >= 0.6 is 0 Å². The van der Waals surface area contributed by atoms with E-state index in [1.807, 2.05) is 39.0 Å². The van der Waals surface area contributed by atoms with Crippen LogP contribution in [0.2, 0.25) is 0 Å². The SMILES string of the molecule is CC(C)(C)OC(=O)N1CCN(C(=O)c2ccc(-c3ccc[n+]([O-])c3)cc2)CC1. The molecular formula is C21H25N3O4. The molecule has 0 saturated carbocycles. The third-order valence-corrected chi connectivity index (χ3v) is 4.46. The largest absolute Gasteiger partial charge is 0.619 e. The van der Waals surface area contributed by atoms with Crippen LogP contribution in [-0.2, 0) is 4.74 Å². The van der Waals surface area contributed by atoms with E-state index in [9.17, 15) is 14.8 Å². The quantitative estimate of drug-likeness (QED) is 0.590. The minimum absolute atomic E-state index is 0.0673. The lowest BCUT2D eigenvalue weighted by Crippen LogP contribution is -2.51. The predicted molar refractivity (Wildman–Crippen MR) is 105 cm³/mol. The highest BCUT2D eigenvalue weighted by Crippen LogP contribution is 2.19. The van der Waals surface area contributed by atoms with Crippen molar-refractivity contribution >= 4 is 12.0 Å². The first-order chi connectivity index (χ1) is 13.2. The number of carbonyl (C=O) groups excluding carboxylic acids is 2. The highest BCUT2D eigenvalue weighted by atomic mass is 16.6. The second-order valence-corrected chi connectivity index (χ2v) is 7.79. The first-order valence-corrected chi connectivity index (χ1v) is 9.29. The summed E-state index contributed by atoms with van der Waals surface area (Å²) in [6.45, 7) is 7.34. The summed E-state index contributed by atoms with van der Waals surface area (Å²) < 4.78 is 6.13. The summed E-state index contributed by atoms with van der Waals surface area (Å²) in [5.41, 5.74) is 1.72. The number of benzene rings is 1. The Morgan fingerprint density at radius 3 is 2.14 bits per heavy atom. The third kappa shape index (κ3) is 4.79. The first-order valence-electron chi connectivity index (χ1n) is 9.29. The molecule has 0 N–H and O–H groups in total. The number of hydrogen-bond donors (Lipinski definition) is 0. The zero-order valence-electron chi connectivity index (χ0n) is 16.4. The first kappa shape index (κ1) is 19.7. The van der Waals surface area contributed by atoms with Gasteiger partial charge in [-0.25, -0.2) is 4.79 Å². The molecule has 1 aliphatic rings. The van der Waals surface area contributed by atoms with Crippen LogP contribution in [0.25, 0.3) is 11.1 Å². The van der Waals surface area contributed by atoms with Crippen LogP contribution in [0.3, 0.4) is 0 Å². The van der Waals surface area contributed by atoms with Gasteiger partial charge in [0.15, 0.2) is 12.4 Å². The monoisotopic (exact) mass is 383 g/mol. The molecular weight excluding hydrogens is 358 g/mol. The minimum atomic E-state index is -0.532. The summed E-state index contributed by atoms with van der Waals surface area (Å²) in [5, 5.41) is 11.4. The summed E-state index contributed by atoms with van der Waals surface area (Å²) in [4.78, 5) is 28.2. The highest BCUT2D eigenvalue weighted by molar-refractivity contribution is 5.94. The van der Waals surface area contributed by atoms with E-state index in [1.165, 1.54) is 12.4 Å². The highest BCUT2D eigenvalue weighted by Gasteiger charge is 2.28. The fraction of sp³-hybridized carbons (Fsp3) is 0.381. The van der Waals surface area contributed by atoms with Gasteiger partial charge in [-0.15, -0.1) is 0 Å². The fourth-order valence-electron chi connectivity index (χ4n) is 3.03. The second kappa shape index (κ2) is 7.88. The third-order valence-electron chi connectivity index (χ3n) is 4.46. The van der Waals surface area contributed by atoms with Gasteiger partial charge in [0, 0.05) is 43.4 Å². The van der Waals surface area contributed by atoms with E-state index in [4.69, 9.17) is 4.74 Å².